The van der Waals surface area contributed by atoms with Crippen LogP contribution in [0.25, 0.3) is 0 Å². The van der Waals surface area contributed by atoms with Crippen molar-refractivity contribution in [1.29, 1.82) is 0 Å². The van der Waals surface area contributed by atoms with Gasteiger partial charge in [-0.05, 0) is 44.2 Å². The molecule has 1 aliphatic carbocycles. The van der Waals surface area contributed by atoms with Gasteiger partial charge in [0.15, 0.2) is 0 Å². The van der Waals surface area contributed by atoms with Crippen LogP contribution in [-0.2, 0) is 12.0 Å². The van der Waals surface area contributed by atoms with E-state index in [2.05, 4.69) is 50.4 Å². The van der Waals surface area contributed by atoms with Gasteiger partial charge in [-0.1, -0.05) is 37.6 Å². The molecule has 1 N–H and O–H groups in total. The predicted molar refractivity (Wildman–Crippen MR) is 69.6 cm³/mol. The van der Waals surface area contributed by atoms with Crippen molar-refractivity contribution in [3.8, 4) is 0 Å². The highest BCUT2D eigenvalue weighted by Gasteiger charge is 2.27. The van der Waals surface area contributed by atoms with Crippen molar-refractivity contribution >= 4 is 0 Å². The molecule has 0 atom stereocenters. The Labute approximate surface area is 99.3 Å². The molecule has 1 aliphatic rings. The zero-order valence-corrected chi connectivity index (χ0v) is 10.7. The summed E-state index contributed by atoms with van der Waals surface area (Å²) in [5.41, 5.74) is 2.93. The lowest BCUT2D eigenvalue weighted by atomic mass is 9.86. The second-order valence-electron chi connectivity index (χ2n) is 5.45. The van der Waals surface area contributed by atoms with E-state index in [0.29, 0.717) is 0 Å². The fraction of sp³-hybridized carbons (Fsp3) is 0.600. The van der Waals surface area contributed by atoms with Gasteiger partial charge in [-0.15, -0.1) is 0 Å². The van der Waals surface area contributed by atoms with E-state index in [1.165, 1.54) is 30.4 Å². The van der Waals surface area contributed by atoms with E-state index in [4.69, 9.17) is 0 Å². The summed E-state index contributed by atoms with van der Waals surface area (Å²) in [6.45, 7) is 6.77. The van der Waals surface area contributed by atoms with E-state index in [9.17, 15) is 0 Å². The SMILES string of the molecule is CCc1ccc(C(C)(C)NC2CCC2)cc1. The molecule has 88 valence electrons. The largest absolute Gasteiger partial charge is 0.305 e. The molecule has 2 rings (SSSR count). The highest BCUT2D eigenvalue weighted by molar-refractivity contribution is 5.27. The van der Waals surface area contributed by atoms with Gasteiger partial charge in [0.25, 0.3) is 0 Å². The van der Waals surface area contributed by atoms with Crippen LogP contribution in [0, 0.1) is 0 Å². The number of nitrogens with one attached hydrogen (secondary N) is 1. The maximum atomic E-state index is 3.75. The Bertz CT molecular complexity index is 333. The van der Waals surface area contributed by atoms with Gasteiger partial charge in [0.2, 0.25) is 0 Å². The van der Waals surface area contributed by atoms with Crippen molar-refractivity contribution in [2.45, 2.75) is 58.0 Å². The number of rotatable bonds is 4. The van der Waals surface area contributed by atoms with Gasteiger partial charge in [-0.3, -0.25) is 0 Å². The molecule has 0 heterocycles. The van der Waals surface area contributed by atoms with Crippen molar-refractivity contribution in [3.05, 3.63) is 35.4 Å². The Morgan fingerprint density at radius 2 is 1.81 bits per heavy atom. The van der Waals surface area contributed by atoms with Gasteiger partial charge in [-0.2, -0.15) is 0 Å². The molecule has 1 nitrogen and oxygen atoms in total. The third-order valence-electron chi connectivity index (χ3n) is 3.75. The Morgan fingerprint density at radius 3 is 2.25 bits per heavy atom. The summed E-state index contributed by atoms with van der Waals surface area (Å²) in [7, 11) is 0. The van der Waals surface area contributed by atoms with Crippen molar-refractivity contribution in [2.24, 2.45) is 0 Å². The molecule has 0 radical (unpaired) electrons. The number of hydrogen-bond donors (Lipinski definition) is 1. The van der Waals surface area contributed by atoms with E-state index in [0.717, 1.165) is 12.5 Å². The van der Waals surface area contributed by atoms with Crippen molar-refractivity contribution < 1.29 is 0 Å². The summed E-state index contributed by atoms with van der Waals surface area (Å²) in [5, 5.41) is 3.75. The van der Waals surface area contributed by atoms with Crippen LogP contribution in [0.2, 0.25) is 0 Å². The van der Waals surface area contributed by atoms with Crippen LogP contribution in [0.4, 0.5) is 0 Å². The van der Waals surface area contributed by atoms with Gasteiger partial charge in [0.1, 0.15) is 0 Å². The highest BCUT2D eigenvalue weighted by atomic mass is 15.0. The molecule has 0 unspecified atom stereocenters. The topological polar surface area (TPSA) is 12.0 Å². The molecule has 0 aliphatic heterocycles. The zero-order chi connectivity index (χ0) is 11.6. The van der Waals surface area contributed by atoms with Crippen LogP contribution < -0.4 is 5.32 Å². The summed E-state index contributed by atoms with van der Waals surface area (Å²) in [4.78, 5) is 0. The van der Waals surface area contributed by atoms with E-state index in [1.54, 1.807) is 0 Å². The van der Waals surface area contributed by atoms with Gasteiger partial charge in [-0.25, -0.2) is 0 Å². The molecule has 0 spiro atoms. The zero-order valence-electron chi connectivity index (χ0n) is 10.7. The van der Waals surface area contributed by atoms with E-state index in [-0.39, 0.29) is 5.54 Å². The monoisotopic (exact) mass is 217 g/mol. The first-order valence-corrected chi connectivity index (χ1v) is 6.49. The maximum Gasteiger partial charge on any atom is 0.0379 e. The number of aryl methyl sites for hydroxylation is 1. The first kappa shape index (κ1) is 11.7. The van der Waals surface area contributed by atoms with Crippen molar-refractivity contribution in [2.75, 3.05) is 0 Å². The van der Waals surface area contributed by atoms with Crippen LogP contribution in [0.1, 0.15) is 51.2 Å². The standard InChI is InChI=1S/C15H23N/c1-4-12-8-10-13(11-9-12)15(2,3)16-14-6-5-7-14/h8-11,14,16H,4-7H2,1-3H3. The normalized spacial score (nSPS) is 17.2. The molecular weight excluding hydrogens is 194 g/mol. The Morgan fingerprint density at radius 1 is 1.19 bits per heavy atom. The Balaban J connectivity index is 2.07. The summed E-state index contributed by atoms with van der Waals surface area (Å²) in [6.07, 6.45) is 5.20. The molecule has 0 aromatic heterocycles. The molecule has 1 heteroatoms. The molecule has 1 fully saturated rings. The van der Waals surface area contributed by atoms with E-state index < -0.39 is 0 Å². The van der Waals surface area contributed by atoms with E-state index in [1.807, 2.05) is 0 Å². The first-order valence-electron chi connectivity index (χ1n) is 6.49. The molecule has 0 amide bonds. The van der Waals surface area contributed by atoms with Crippen LogP contribution >= 0.6 is 0 Å². The quantitative estimate of drug-likeness (QED) is 0.812. The molecule has 0 saturated heterocycles. The molecule has 1 aromatic carbocycles. The molecule has 0 bridgehead atoms. The second-order valence-corrected chi connectivity index (χ2v) is 5.45. The molecule has 1 aromatic rings. The minimum atomic E-state index is 0.108. The summed E-state index contributed by atoms with van der Waals surface area (Å²) in [5.74, 6) is 0. The van der Waals surface area contributed by atoms with Crippen molar-refractivity contribution in [1.82, 2.24) is 5.32 Å². The van der Waals surface area contributed by atoms with Crippen LogP contribution in [0.3, 0.4) is 0 Å². The van der Waals surface area contributed by atoms with Crippen LogP contribution in [0.15, 0.2) is 24.3 Å². The highest BCUT2D eigenvalue weighted by Crippen LogP contribution is 2.27. The maximum absolute atomic E-state index is 3.75. The Hall–Kier alpha value is -0.820. The lowest BCUT2D eigenvalue weighted by molar-refractivity contribution is 0.254. The number of benzene rings is 1. The van der Waals surface area contributed by atoms with E-state index >= 15 is 0 Å². The fourth-order valence-electron chi connectivity index (χ4n) is 2.30. The minimum Gasteiger partial charge on any atom is -0.305 e. The predicted octanol–water partition coefficient (Wildman–Crippen LogP) is 3.63. The Kier molecular flexibility index (Phi) is 3.34. The molecule has 16 heavy (non-hydrogen) atoms. The third kappa shape index (κ3) is 2.46. The number of hydrogen-bond acceptors (Lipinski definition) is 1. The molecular formula is C15H23N. The molecule has 1 saturated carbocycles. The van der Waals surface area contributed by atoms with Crippen LogP contribution in [0.5, 0.6) is 0 Å². The lowest BCUT2D eigenvalue weighted by Gasteiger charge is -2.37. The van der Waals surface area contributed by atoms with Gasteiger partial charge in [0.05, 0.1) is 0 Å². The summed E-state index contributed by atoms with van der Waals surface area (Å²) in [6, 6.07) is 9.77. The summed E-state index contributed by atoms with van der Waals surface area (Å²) < 4.78 is 0. The van der Waals surface area contributed by atoms with Gasteiger partial charge >= 0.3 is 0 Å². The average Bonchev–Trinajstić information content (AvgIpc) is 2.24. The van der Waals surface area contributed by atoms with Crippen LogP contribution in [-0.4, -0.2) is 6.04 Å². The third-order valence-corrected chi connectivity index (χ3v) is 3.75. The second kappa shape index (κ2) is 4.58. The minimum absolute atomic E-state index is 0.108. The lowest BCUT2D eigenvalue weighted by Crippen LogP contribution is -2.46. The van der Waals surface area contributed by atoms with Gasteiger partial charge < -0.3 is 5.32 Å². The summed E-state index contributed by atoms with van der Waals surface area (Å²) >= 11 is 0. The smallest absolute Gasteiger partial charge is 0.0379 e. The average molecular weight is 217 g/mol. The first-order chi connectivity index (χ1) is 7.62. The fourth-order valence-corrected chi connectivity index (χ4v) is 2.30. The van der Waals surface area contributed by atoms with Crippen molar-refractivity contribution in [3.63, 3.8) is 0 Å². The van der Waals surface area contributed by atoms with Gasteiger partial charge in [0, 0.05) is 11.6 Å².